The Kier molecular flexibility index (Phi) is 6.70. The van der Waals surface area contributed by atoms with Gasteiger partial charge >= 0.3 is 11.9 Å². The minimum atomic E-state index is -0.818. The van der Waals surface area contributed by atoms with Crippen LogP contribution in [0.1, 0.15) is 119 Å². The van der Waals surface area contributed by atoms with E-state index in [-0.39, 0.29) is 28.2 Å². The summed E-state index contributed by atoms with van der Waals surface area (Å²) in [7, 11) is 0. The number of carbonyl (C=O) groups excluding carboxylic acids is 2. The van der Waals surface area contributed by atoms with Crippen molar-refractivity contribution >= 4 is 11.9 Å². The highest BCUT2D eigenvalue weighted by Crippen LogP contribution is 2.73. The van der Waals surface area contributed by atoms with E-state index in [2.05, 4.69) is 13.8 Å². The van der Waals surface area contributed by atoms with Crippen LogP contribution >= 0.6 is 0 Å². The molecule has 4 aliphatic carbocycles. The SMILES string of the molecule is CCC(CC(C)(C)C(=O)OC1CCCCO1)C(=O)OC(C)(C)C12CC3(C)CC(C)(CC(O)(C3)C1)C2. The van der Waals surface area contributed by atoms with Crippen molar-refractivity contribution in [2.75, 3.05) is 6.61 Å². The van der Waals surface area contributed by atoms with Crippen molar-refractivity contribution in [2.45, 2.75) is 137 Å². The molecule has 0 radical (unpaired) electrons. The molecule has 0 spiro atoms. The molecule has 4 atom stereocenters. The molecule has 0 aromatic rings. The van der Waals surface area contributed by atoms with Gasteiger partial charge in [0.05, 0.1) is 23.5 Å². The van der Waals surface area contributed by atoms with Crippen LogP contribution in [0.3, 0.4) is 0 Å². The molecular weight excluding hydrogens is 444 g/mol. The fraction of sp³-hybridized carbons (Fsp3) is 0.931. The van der Waals surface area contributed by atoms with Crippen LogP contribution < -0.4 is 0 Å². The largest absolute Gasteiger partial charge is 0.459 e. The lowest BCUT2D eigenvalue weighted by Crippen LogP contribution is -2.68. The first-order valence-electron chi connectivity index (χ1n) is 13.8. The molecule has 5 fully saturated rings. The molecule has 6 nitrogen and oxygen atoms in total. The second kappa shape index (κ2) is 8.72. The van der Waals surface area contributed by atoms with E-state index in [4.69, 9.17) is 14.2 Å². The summed E-state index contributed by atoms with van der Waals surface area (Å²) in [5.74, 6) is -0.961. The van der Waals surface area contributed by atoms with Crippen molar-refractivity contribution < 1.29 is 28.9 Å². The zero-order chi connectivity index (χ0) is 25.9. The molecule has 4 bridgehead atoms. The van der Waals surface area contributed by atoms with E-state index in [9.17, 15) is 14.7 Å². The smallest absolute Gasteiger partial charge is 0.313 e. The topological polar surface area (TPSA) is 82.1 Å². The summed E-state index contributed by atoms with van der Waals surface area (Å²) in [5, 5.41) is 11.5. The van der Waals surface area contributed by atoms with Gasteiger partial charge in [-0.25, -0.2) is 0 Å². The van der Waals surface area contributed by atoms with Crippen LogP contribution in [0.2, 0.25) is 0 Å². The van der Waals surface area contributed by atoms with Gasteiger partial charge in [-0.1, -0.05) is 20.8 Å². The maximum atomic E-state index is 13.6. The molecular formula is C29H48O6. The number of ether oxygens (including phenoxy) is 3. The Morgan fingerprint density at radius 2 is 1.63 bits per heavy atom. The highest BCUT2D eigenvalue weighted by molar-refractivity contribution is 5.78. The van der Waals surface area contributed by atoms with E-state index >= 15 is 0 Å². The zero-order valence-corrected chi connectivity index (χ0v) is 23.1. The van der Waals surface area contributed by atoms with Crippen LogP contribution in [0, 0.1) is 27.6 Å². The molecule has 1 saturated heterocycles. The van der Waals surface area contributed by atoms with Gasteiger partial charge in [0.15, 0.2) is 0 Å². The second-order valence-corrected chi connectivity index (χ2v) is 14.5. The van der Waals surface area contributed by atoms with Crippen molar-refractivity contribution in [1.29, 1.82) is 0 Å². The van der Waals surface area contributed by atoms with Crippen LogP contribution in [0.4, 0.5) is 0 Å². The maximum Gasteiger partial charge on any atom is 0.313 e. The Labute approximate surface area is 211 Å². The normalized spacial score (nSPS) is 39.8. The van der Waals surface area contributed by atoms with Gasteiger partial charge in [0, 0.05) is 11.8 Å². The van der Waals surface area contributed by atoms with Crippen LogP contribution in [0.15, 0.2) is 0 Å². The van der Waals surface area contributed by atoms with Gasteiger partial charge in [-0.2, -0.15) is 0 Å². The summed E-state index contributed by atoms with van der Waals surface area (Å²) in [6, 6.07) is 0. The maximum absolute atomic E-state index is 13.6. The summed E-state index contributed by atoms with van der Waals surface area (Å²) in [6.07, 6.45) is 8.68. The number of carbonyl (C=O) groups is 2. The van der Waals surface area contributed by atoms with Gasteiger partial charge in [0.1, 0.15) is 5.60 Å². The third-order valence-electron chi connectivity index (χ3n) is 9.71. The highest BCUT2D eigenvalue weighted by atomic mass is 16.7. The molecule has 5 rings (SSSR count). The number of hydrogen-bond donors (Lipinski definition) is 1. The van der Waals surface area contributed by atoms with Crippen LogP contribution in [0.25, 0.3) is 0 Å². The monoisotopic (exact) mass is 492 g/mol. The van der Waals surface area contributed by atoms with E-state index in [0.29, 0.717) is 25.9 Å². The van der Waals surface area contributed by atoms with Crippen LogP contribution in [-0.2, 0) is 23.8 Å². The summed E-state index contributed by atoms with van der Waals surface area (Å²) in [4.78, 5) is 26.5. The van der Waals surface area contributed by atoms with E-state index in [1.165, 1.54) is 0 Å². The quantitative estimate of drug-likeness (QED) is 0.423. The molecule has 1 N–H and O–H groups in total. The van der Waals surface area contributed by atoms with Crippen molar-refractivity contribution in [2.24, 2.45) is 27.6 Å². The fourth-order valence-corrected chi connectivity index (χ4v) is 8.89. The van der Waals surface area contributed by atoms with Gasteiger partial charge < -0.3 is 19.3 Å². The minimum absolute atomic E-state index is 0.0824. The second-order valence-electron chi connectivity index (χ2n) is 14.5. The third-order valence-corrected chi connectivity index (χ3v) is 9.71. The van der Waals surface area contributed by atoms with E-state index in [1.54, 1.807) is 0 Å². The molecule has 0 aromatic carbocycles. The van der Waals surface area contributed by atoms with E-state index in [1.807, 2.05) is 34.6 Å². The molecule has 1 heterocycles. The average molecular weight is 493 g/mol. The number of rotatable bonds is 8. The standard InChI is InChI=1S/C29H48O6/c1-8-20(13-24(2,3)23(31)34-21-11-9-10-12-33-21)22(30)35-25(4,5)28-15-26(6)14-27(7,16-28)18-29(32,17-26)19-28/h20-21,32H,8-19H2,1-7H3. The number of hydrogen-bond acceptors (Lipinski definition) is 6. The molecule has 0 aromatic heterocycles. The van der Waals surface area contributed by atoms with Gasteiger partial charge in [0.25, 0.3) is 0 Å². The Morgan fingerprint density at radius 1 is 1.00 bits per heavy atom. The molecule has 0 amide bonds. The average Bonchev–Trinajstić information content (AvgIpc) is 2.68. The highest BCUT2D eigenvalue weighted by Gasteiger charge is 2.69. The molecule has 200 valence electrons. The summed E-state index contributed by atoms with van der Waals surface area (Å²) >= 11 is 0. The Bertz CT molecular complexity index is 785. The zero-order valence-electron chi connectivity index (χ0n) is 23.1. The first kappa shape index (κ1) is 26.9. The van der Waals surface area contributed by atoms with Gasteiger partial charge in [-0.05, 0) is 103 Å². The fourth-order valence-electron chi connectivity index (χ4n) is 8.89. The molecule has 35 heavy (non-hydrogen) atoms. The molecule has 6 heteroatoms. The Balaban J connectivity index is 1.45. The van der Waals surface area contributed by atoms with Gasteiger partial charge in [0.2, 0.25) is 6.29 Å². The Morgan fingerprint density at radius 3 is 2.14 bits per heavy atom. The van der Waals surface area contributed by atoms with Crippen LogP contribution in [-0.4, -0.2) is 41.1 Å². The minimum Gasteiger partial charge on any atom is -0.459 e. The predicted molar refractivity (Wildman–Crippen MR) is 133 cm³/mol. The van der Waals surface area contributed by atoms with Crippen molar-refractivity contribution in [1.82, 2.24) is 0 Å². The predicted octanol–water partition coefficient (Wildman–Crippen LogP) is 5.93. The number of aliphatic hydroxyl groups is 1. The van der Waals surface area contributed by atoms with E-state index < -0.39 is 28.8 Å². The third kappa shape index (κ3) is 5.16. The van der Waals surface area contributed by atoms with Crippen molar-refractivity contribution in [3.63, 3.8) is 0 Å². The van der Waals surface area contributed by atoms with Crippen LogP contribution in [0.5, 0.6) is 0 Å². The van der Waals surface area contributed by atoms with Gasteiger partial charge in [-0.15, -0.1) is 0 Å². The Hall–Kier alpha value is -1.14. The first-order chi connectivity index (χ1) is 16.0. The molecule has 4 saturated carbocycles. The lowest BCUT2D eigenvalue weighted by Gasteiger charge is -2.70. The molecule has 5 aliphatic rings. The van der Waals surface area contributed by atoms with Crippen molar-refractivity contribution in [3.05, 3.63) is 0 Å². The molecule has 4 unspecified atom stereocenters. The molecule has 1 aliphatic heterocycles. The van der Waals surface area contributed by atoms with E-state index in [0.717, 1.165) is 51.4 Å². The summed E-state index contributed by atoms with van der Waals surface area (Å²) in [5.41, 5.74) is -2.25. The summed E-state index contributed by atoms with van der Waals surface area (Å²) < 4.78 is 17.6. The lowest BCUT2D eigenvalue weighted by atomic mass is 9.36. The van der Waals surface area contributed by atoms with Crippen molar-refractivity contribution in [3.8, 4) is 0 Å². The summed E-state index contributed by atoms with van der Waals surface area (Å²) in [6.45, 7) is 15.0. The lowest BCUT2D eigenvalue weighted by molar-refractivity contribution is -0.273. The van der Waals surface area contributed by atoms with Gasteiger partial charge in [-0.3, -0.25) is 9.59 Å². The first-order valence-corrected chi connectivity index (χ1v) is 13.8. The number of esters is 2.